The molecule has 0 radical (unpaired) electrons. The van der Waals surface area contributed by atoms with Crippen LogP contribution in [-0.2, 0) is 20.9 Å². The molecule has 1 heterocycles. The monoisotopic (exact) mass is 380 g/mol. The van der Waals surface area contributed by atoms with Crippen LogP contribution in [0.2, 0.25) is 0 Å². The summed E-state index contributed by atoms with van der Waals surface area (Å²) in [4.78, 5) is 38.4. The molecule has 1 N–H and O–H groups in total. The number of likely N-dealkylation sites (tertiary alicyclic amines) is 1. The molecule has 0 saturated carbocycles. The Bertz CT molecular complexity index is 847. The molecule has 1 fully saturated rings. The standard InChI is InChI=1S/C22H24N2O4/c1-15(2)28-22(27)17-8-10-19(11-9-17)23-21(26)18-12-20(25)24(14-18)13-16-6-4-3-5-7-16/h3-11,15,18H,12-14H2,1-2H3,(H,23,26). The van der Waals surface area contributed by atoms with E-state index in [4.69, 9.17) is 4.74 Å². The van der Waals surface area contributed by atoms with Crippen molar-refractivity contribution >= 4 is 23.5 Å². The average Bonchev–Trinajstić information content (AvgIpc) is 3.03. The van der Waals surface area contributed by atoms with E-state index >= 15 is 0 Å². The molecule has 0 bridgehead atoms. The maximum atomic E-state index is 12.5. The van der Waals surface area contributed by atoms with E-state index in [2.05, 4.69) is 5.32 Å². The van der Waals surface area contributed by atoms with Gasteiger partial charge in [0.15, 0.2) is 0 Å². The number of rotatable bonds is 6. The fourth-order valence-corrected chi connectivity index (χ4v) is 3.12. The van der Waals surface area contributed by atoms with E-state index in [1.165, 1.54) is 0 Å². The van der Waals surface area contributed by atoms with Gasteiger partial charge in [0.2, 0.25) is 11.8 Å². The molecule has 3 rings (SSSR count). The zero-order valence-corrected chi connectivity index (χ0v) is 16.1. The lowest BCUT2D eigenvalue weighted by Crippen LogP contribution is -2.28. The summed E-state index contributed by atoms with van der Waals surface area (Å²) in [6.07, 6.45) is 0.0166. The normalized spacial score (nSPS) is 16.3. The van der Waals surface area contributed by atoms with Crippen LogP contribution in [0.25, 0.3) is 0 Å². The Balaban J connectivity index is 1.56. The highest BCUT2D eigenvalue weighted by atomic mass is 16.5. The van der Waals surface area contributed by atoms with E-state index in [1.54, 1.807) is 43.0 Å². The largest absolute Gasteiger partial charge is 0.459 e. The second-order valence-electron chi connectivity index (χ2n) is 7.18. The summed E-state index contributed by atoms with van der Waals surface area (Å²) in [6, 6.07) is 16.3. The number of carbonyl (C=O) groups excluding carboxylic acids is 3. The van der Waals surface area contributed by atoms with Gasteiger partial charge in [-0.3, -0.25) is 9.59 Å². The van der Waals surface area contributed by atoms with Crippen molar-refractivity contribution in [2.75, 3.05) is 11.9 Å². The molecule has 1 unspecified atom stereocenters. The Hall–Kier alpha value is -3.15. The first-order chi connectivity index (χ1) is 13.4. The minimum atomic E-state index is -0.397. The van der Waals surface area contributed by atoms with Crippen molar-refractivity contribution in [3.63, 3.8) is 0 Å². The third-order valence-electron chi connectivity index (χ3n) is 4.53. The number of hydrogen-bond donors (Lipinski definition) is 1. The summed E-state index contributed by atoms with van der Waals surface area (Å²) in [5.74, 6) is -0.996. The molecule has 0 spiro atoms. The lowest BCUT2D eigenvalue weighted by molar-refractivity contribution is -0.128. The third-order valence-corrected chi connectivity index (χ3v) is 4.53. The number of amides is 2. The maximum absolute atomic E-state index is 12.5. The van der Waals surface area contributed by atoms with Gasteiger partial charge < -0.3 is 15.0 Å². The van der Waals surface area contributed by atoms with Crippen LogP contribution in [0.4, 0.5) is 5.69 Å². The van der Waals surface area contributed by atoms with E-state index in [-0.39, 0.29) is 30.3 Å². The number of nitrogens with zero attached hydrogens (tertiary/aromatic N) is 1. The number of nitrogens with one attached hydrogen (secondary N) is 1. The molecule has 1 atom stereocenters. The smallest absolute Gasteiger partial charge is 0.338 e. The molecular formula is C22H24N2O4. The van der Waals surface area contributed by atoms with Gasteiger partial charge in [-0.2, -0.15) is 0 Å². The number of ether oxygens (including phenoxy) is 1. The van der Waals surface area contributed by atoms with Crippen molar-refractivity contribution in [2.24, 2.45) is 5.92 Å². The Morgan fingerprint density at radius 1 is 1.11 bits per heavy atom. The molecule has 1 saturated heterocycles. The van der Waals surface area contributed by atoms with Gasteiger partial charge >= 0.3 is 5.97 Å². The lowest BCUT2D eigenvalue weighted by Gasteiger charge is -2.16. The van der Waals surface area contributed by atoms with Gasteiger partial charge in [-0.05, 0) is 43.7 Å². The second-order valence-corrected chi connectivity index (χ2v) is 7.18. The molecule has 0 aliphatic carbocycles. The first kappa shape index (κ1) is 19.6. The van der Waals surface area contributed by atoms with Crippen molar-refractivity contribution in [3.05, 3.63) is 65.7 Å². The van der Waals surface area contributed by atoms with Crippen LogP contribution in [0.5, 0.6) is 0 Å². The zero-order chi connectivity index (χ0) is 20.1. The number of carbonyl (C=O) groups is 3. The van der Waals surface area contributed by atoms with Crippen molar-refractivity contribution < 1.29 is 19.1 Å². The van der Waals surface area contributed by atoms with Gasteiger partial charge in [0.25, 0.3) is 0 Å². The fraction of sp³-hybridized carbons (Fsp3) is 0.318. The van der Waals surface area contributed by atoms with Crippen LogP contribution in [-0.4, -0.2) is 35.3 Å². The third kappa shape index (κ3) is 4.97. The van der Waals surface area contributed by atoms with Gasteiger partial charge in [0.05, 0.1) is 17.6 Å². The molecule has 146 valence electrons. The topological polar surface area (TPSA) is 75.7 Å². The zero-order valence-electron chi connectivity index (χ0n) is 16.1. The molecule has 6 heteroatoms. The van der Waals surface area contributed by atoms with E-state index < -0.39 is 5.97 Å². The quantitative estimate of drug-likeness (QED) is 0.781. The SMILES string of the molecule is CC(C)OC(=O)c1ccc(NC(=O)C2CC(=O)N(Cc3ccccc3)C2)cc1. The Morgan fingerprint density at radius 3 is 2.43 bits per heavy atom. The predicted octanol–water partition coefficient (Wildman–Crippen LogP) is 3.24. The molecule has 0 aromatic heterocycles. The van der Waals surface area contributed by atoms with Gasteiger partial charge in [-0.15, -0.1) is 0 Å². The molecular weight excluding hydrogens is 356 g/mol. The molecule has 2 aromatic carbocycles. The Labute approximate surface area is 164 Å². The molecule has 6 nitrogen and oxygen atoms in total. The van der Waals surface area contributed by atoms with Gasteiger partial charge in [-0.25, -0.2) is 4.79 Å². The maximum Gasteiger partial charge on any atom is 0.338 e. The summed E-state index contributed by atoms with van der Waals surface area (Å²) in [7, 11) is 0. The number of hydrogen-bond acceptors (Lipinski definition) is 4. The van der Waals surface area contributed by atoms with Crippen molar-refractivity contribution in [1.82, 2.24) is 4.90 Å². The number of benzene rings is 2. The van der Waals surface area contributed by atoms with E-state index in [0.717, 1.165) is 5.56 Å². The summed E-state index contributed by atoms with van der Waals surface area (Å²) in [5.41, 5.74) is 2.05. The highest BCUT2D eigenvalue weighted by Gasteiger charge is 2.34. The van der Waals surface area contributed by atoms with Gasteiger partial charge in [-0.1, -0.05) is 30.3 Å². The summed E-state index contributed by atoms with van der Waals surface area (Å²) in [6.45, 7) is 4.49. The number of anilines is 1. The first-order valence-electron chi connectivity index (χ1n) is 9.36. The van der Waals surface area contributed by atoms with Crippen LogP contribution in [0.15, 0.2) is 54.6 Å². The van der Waals surface area contributed by atoms with Crippen LogP contribution >= 0.6 is 0 Å². The molecule has 1 aliphatic rings. The van der Waals surface area contributed by atoms with E-state index in [1.807, 2.05) is 30.3 Å². The van der Waals surface area contributed by atoms with Gasteiger partial charge in [0, 0.05) is 25.2 Å². The number of esters is 1. The van der Waals surface area contributed by atoms with Gasteiger partial charge in [0.1, 0.15) is 0 Å². The second kappa shape index (κ2) is 8.69. The van der Waals surface area contributed by atoms with Crippen LogP contribution in [0, 0.1) is 5.92 Å². The Morgan fingerprint density at radius 2 is 1.79 bits per heavy atom. The minimum Gasteiger partial charge on any atom is -0.459 e. The minimum absolute atomic E-state index is 0.0178. The molecule has 2 aromatic rings. The summed E-state index contributed by atoms with van der Waals surface area (Å²) in [5, 5.41) is 2.83. The van der Waals surface area contributed by atoms with Crippen molar-refractivity contribution in [3.8, 4) is 0 Å². The van der Waals surface area contributed by atoms with Crippen molar-refractivity contribution in [1.29, 1.82) is 0 Å². The summed E-state index contributed by atoms with van der Waals surface area (Å²) >= 11 is 0. The highest BCUT2D eigenvalue weighted by molar-refractivity contribution is 5.97. The fourth-order valence-electron chi connectivity index (χ4n) is 3.12. The predicted molar refractivity (Wildman–Crippen MR) is 106 cm³/mol. The molecule has 2 amide bonds. The Kier molecular flexibility index (Phi) is 6.09. The molecule has 28 heavy (non-hydrogen) atoms. The first-order valence-corrected chi connectivity index (χ1v) is 9.36. The van der Waals surface area contributed by atoms with E-state index in [9.17, 15) is 14.4 Å². The van der Waals surface area contributed by atoms with Crippen molar-refractivity contribution in [2.45, 2.75) is 32.9 Å². The van der Waals surface area contributed by atoms with Crippen LogP contribution in [0.3, 0.4) is 0 Å². The summed E-state index contributed by atoms with van der Waals surface area (Å²) < 4.78 is 5.14. The van der Waals surface area contributed by atoms with Crippen LogP contribution in [0.1, 0.15) is 36.2 Å². The highest BCUT2D eigenvalue weighted by Crippen LogP contribution is 2.22. The van der Waals surface area contributed by atoms with Crippen LogP contribution < -0.4 is 5.32 Å². The average molecular weight is 380 g/mol. The molecule has 1 aliphatic heterocycles. The lowest BCUT2D eigenvalue weighted by atomic mass is 10.1. The van der Waals surface area contributed by atoms with E-state index in [0.29, 0.717) is 24.3 Å².